The van der Waals surface area contributed by atoms with Gasteiger partial charge in [-0.15, -0.1) is 4.40 Å². The standard InChI is InChI=1S/C16H19N5O3S/c17-13-7-4-8-14-15(13)16(18)20-25(22,23)21(14)19-9-10-24-11-12-5-2-1-3-6-12/h1-8,19H,9-11,17H2,(H2,18,20). The van der Waals surface area contributed by atoms with Crippen LogP contribution in [0.1, 0.15) is 11.1 Å². The summed E-state index contributed by atoms with van der Waals surface area (Å²) in [7, 11) is -3.97. The van der Waals surface area contributed by atoms with E-state index < -0.39 is 10.2 Å². The van der Waals surface area contributed by atoms with Gasteiger partial charge in [-0.3, -0.25) is 0 Å². The third-order valence-corrected chi connectivity index (χ3v) is 4.82. The summed E-state index contributed by atoms with van der Waals surface area (Å²) in [6.07, 6.45) is 0. The number of amidine groups is 1. The van der Waals surface area contributed by atoms with Crippen molar-refractivity contribution in [3.63, 3.8) is 0 Å². The molecule has 1 heterocycles. The van der Waals surface area contributed by atoms with Crippen molar-refractivity contribution in [2.75, 3.05) is 23.3 Å². The van der Waals surface area contributed by atoms with E-state index in [0.717, 1.165) is 9.98 Å². The van der Waals surface area contributed by atoms with Crippen LogP contribution < -0.4 is 21.3 Å². The van der Waals surface area contributed by atoms with Crippen LogP contribution in [0.4, 0.5) is 11.4 Å². The molecule has 9 heteroatoms. The van der Waals surface area contributed by atoms with Crippen molar-refractivity contribution in [1.82, 2.24) is 5.43 Å². The molecule has 1 aliphatic rings. The molecule has 8 nitrogen and oxygen atoms in total. The van der Waals surface area contributed by atoms with Crippen LogP contribution in [0.15, 0.2) is 52.9 Å². The van der Waals surface area contributed by atoms with E-state index in [2.05, 4.69) is 9.82 Å². The molecule has 25 heavy (non-hydrogen) atoms. The third kappa shape index (κ3) is 3.73. The zero-order valence-corrected chi connectivity index (χ0v) is 14.2. The molecule has 0 radical (unpaired) electrons. The smallest absolute Gasteiger partial charge is 0.360 e. The van der Waals surface area contributed by atoms with Crippen molar-refractivity contribution in [3.05, 3.63) is 59.7 Å². The predicted octanol–water partition coefficient (Wildman–Crippen LogP) is 0.760. The van der Waals surface area contributed by atoms with Crippen LogP contribution in [-0.4, -0.2) is 27.4 Å². The number of nitrogens with two attached hydrogens (primary N) is 2. The van der Waals surface area contributed by atoms with Gasteiger partial charge in [-0.1, -0.05) is 36.4 Å². The SMILES string of the molecule is NC1=NS(=O)(=O)N(NCCOCc2ccccc2)c2cccc(N)c21. The first-order valence-electron chi connectivity index (χ1n) is 7.64. The Balaban J connectivity index is 1.65. The maximum Gasteiger partial charge on any atom is 0.360 e. The monoisotopic (exact) mass is 361 g/mol. The molecule has 0 aromatic heterocycles. The normalized spacial score (nSPS) is 15.5. The van der Waals surface area contributed by atoms with Crippen LogP contribution in [0.25, 0.3) is 0 Å². The first kappa shape index (κ1) is 17.2. The predicted molar refractivity (Wildman–Crippen MR) is 97.1 cm³/mol. The molecule has 0 aliphatic carbocycles. The van der Waals surface area contributed by atoms with E-state index in [9.17, 15) is 8.42 Å². The fourth-order valence-electron chi connectivity index (χ4n) is 2.49. The van der Waals surface area contributed by atoms with Crippen LogP contribution >= 0.6 is 0 Å². The summed E-state index contributed by atoms with van der Waals surface area (Å²) >= 11 is 0. The molecule has 0 saturated carbocycles. The number of hydrazine groups is 1. The summed E-state index contributed by atoms with van der Waals surface area (Å²) < 4.78 is 34.6. The van der Waals surface area contributed by atoms with Gasteiger partial charge in [0.15, 0.2) is 0 Å². The average Bonchev–Trinajstić information content (AvgIpc) is 2.57. The lowest BCUT2D eigenvalue weighted by Crippen LogP contribution is -2.47. The van der Waals surface area contributed by atoms with Crippen LogP contribution in [0.3, 0.4) is 0 Å². The van der Waals surface area contributed by atoms with E-state index in [1.54, 1.807) is 18.2 Å². The Labute approximate surface area is 146 Å². The fraction of sp³-hybridized carbons (Fsp3) is 0.188. The average molecular weight is 361 g/mol. The Morgan fingerprint density at radius 3 is 2.60 bits per heavy atom. The zero-order chi connectivity index (χ0) is 17.9. The Morgan fingerprint density at radius 2 is 1.84 bits per heavy atom. The van der Waals surface area contributed by atoms with Crippen LogP contribution in [0.5, 0.6) is 0 Å². The van der Waals surface area contributed by atoms with Gasteiger partial charge in [0, 0.05) is 12.2 Å². The van der Waals surface area contributed by atoms with Crippen molar-refractivity contribution in [1.29, 1.82) is 0 Å². The minimum atomic E-state index is -3.97. The number of nitrogens with zero attached hydrogens (tertiary/aromatic N) is 2. The highest BCUT2D eigenvalue weighted by molar-refractivity contribution is 7.91. The van der Waals surface area contributed by atoms with Gasteiger partial charge in [0.1, 0.15) is 5.84 Å². The lowest BCUT2D eigenvalue weighted by Gasteiger charge is -2.28. The molecule has 0 amide bonds. The van der Waals surface area contributed by atoms with Crippen molar-refractivity contribution >= 4 is 27.4 Å². The lowest BCUT2D eigenvalue weighted by molar-refractivity contribution is 0.123. The van der Waals surface area contributed by atoms with Crippen molar-refractivity contribution in [2.45, 2.75) is 6.61 Å². The van der Waals surface area contributed by atoms with Crippen LogP contribution in [0.2, 0.25) is 0 Å². The van der Waals surface area contributed by atoms with Crippen LogP contribution in [0, 0.1) is 0 Å². The number of ether oxygens (including phenoxy) is 1. The number of nitrogen functional groups attached to an aromatic ring is 1. The van der Waals surface area contributed by atoms with Gasteiger partial charge in [-0.05, 0) is 17.7 Å². The van der Waals surface area contributed by atoms with Crippen molar-refractivity contribution in [3.8, 4) is 0 Å². The minimum Gasteiger partial charge on any atom is -0.398 e. The molecule has 132 valence electrons. The molecule has 3 rings (SSSR count). The first-order chi connectivity index (χ1) is 12.0. The van der Waals surface area contributed by atoms with E-state index in [1.807, 2.05) is 30.3 Å². The second-order valence-corrected chi connectivity index (χ2v) is 6.85. The van der Waals surface area contributed by atoms with Crippen molar-refractivity contribution in [2.24, 2.45) is 10.1 Å². The van der Waals surface area contributed by atoms with Gasteiger partial charge in [0.2, 0.25) is 0 Å². The molecule has 0 spiro atoms. The molecule has 1 aliphatic heterocycles. The third-order valence-electron chi connectivity index (χ3n) is 3.61. The molecule has 0 unspecified atom stereocenters. The van der Waals surface area contributed by atoms with E-state index in [0.29, 0.717) is 30.2 Å². The number of hydrogen-bond acceptors (Lipinski definition) is 6. The Kier molecular flexibility index (Phi) is 4.88. The van der Waals surface area contributed by atoms with E-state index in [-0.39, 0.29) is 12.4 Å². The van der Waals surface area contributed by atoms with E-state index in [4.69, 9.17) is 16.2 Å². The maximum atomic E-state index is 12.3. The number of benzene rings is 2. The van der Waals surface area contributed by atoms with Gasteiger partial charge in [0.25, 0.3) is 0 Å². The maximum absolute atomic E-state index is 12.3. The topological polar surface area (TPSA) is 123 Å². The summed E-state index contributed by atoms with van der Waals surface area (Å²) in [6, 6.07) is 14.6. The quantitative estimate of drug-likeness (QED) is 0.516. The molecule has 2 aromatic rings. The summed E-state index contributed by atoms with van der Waals surface area (Å²) in [5.74, 6) is -0.119. The molecule has 0 saturated heterocycles. The zero-order valence-electron chi connectivity index (χ0n) is 13.4. The number of hydrogen-bond donors (Lipinski definition) is 3. The van der Waals surface area contributed by atoms with Gasteiger partial charge >= 0.3 is 10.2 Å². The highest BCUT2D eigenvalue weighted by Crippen LogP contribution is 2.30. The number of nitrogens with one attached hydrogen (secondary N) is 1. The largest absolute Gasteiger partial charge is 0.398 e. The molecular weight excluding hydrogens is 342 g/mol. The van der Waals surface area contributed by atoms with Gasteiger partial charge < -0.3 is 16.2 Å². The fourth-order valence-corrected chi connectivity index (χ4v) is 3.57. The summed E-state index contributed by atoms with van der Waals surface area (Å²) in [5, 5.41) is 0. The molecular formula is C16H19N5O3S. The number of anilines is 2. The molecule has 0 fully saturated rings. The van der Waals surface area contributed by atoms with Crippen LogP contribution in [-0.2, 0) is 21.6 Å². The van der Waals surface area contributed by atoms with E-state index >= 15 is 0 Å². The second-order valence-electron chi connectivity index (χ2n) is 5.41. The number of fused-ring (bicyclic) bond motifs is 1. The lowest BCUT2D eigenvalue weighted by atomic mass is 10.1. The Morgan fingerprint density at radius 1 is 1.08 bits per heavy atom. The highest BCUT2D eigenvalue weighted by Gasteiger charge is 2.31. The summed E-state index contributed by atoms with van der Waals surface area (Å²) in [5.41, 5.74) is 16.6. The molecule has 5 N–H and O–H groups in total. The first-order valence-corrected chi connectivity index (χ1v) is 9.03. The molecule has 2 aromatic carbocycles. The second kappa shape index (κ2) is 7.09. The van der Waals surface area contributed by atoms with Gasteiger partial charge in [-0.2, -0.15) is 12.8 Å². The summed E-state index contributed by atoms with van der Waals surface area (Å²) in [6.45, 7) is 1.04. The van der Waals surface area contributed by atoms with Gasteiger partial charge in [0.05, 0.1) is 24.5 Å². The minimum absolute atomic E-state index is 0.119. The Bertz CT molecular complexity index is 884. The van der Waals surface area contributed by atoms with Crippen molar-refractivity contribution < 1.29 is 13.2 Å². The molecule has 0 atom stereocenters. The highest BCUT2D eigenvalue weighted by atomic mass is 32.2. The van der Waals surface area contributed by atoms with E-state index in [1.165, 1.54) is 0 Å². The number of rotatable bonds is 6. The summed E-state index contributed by atoms with van der Waals surface area (Å²) in [4.78, 5) is 0. The Hall–Kier alpha value is -2.62. The molecule has 0 bridgehead atoms. The van der Waals surface area contributed by atoms with Gasteiger partial charge in [-0.25, -0.2) is 5.43 Å².